The lowest BCUT2D eigenvalue weighted by molar-refractivity contribution is 0.0955. The van der Waals surface area contributed by atoms with Crippen LogP contribution in [0.3, 0.4) is 0 Å². The Balaban J connectivity index is 1.38. The molecule has 7 nitrogen and oxygen atoms in total. The molecule has 1 heterocycles. The topological polar surface area (TPSA) is 84.8 Å². The van der Waals surface area contributed by atoms with E-state index in [2.05, 4.69) is 43.4 Å². The van der Waals surface area contributed by atoms with Crippen molar-refractivity contribution in [3.05, 3.63) is 85.8 Å². The lowest BCUT2D eigenvalue weighted by Crippen LogP contribution is -2.17. The van der Waals surface area contributed by atoms with Crippen molar-refractivity contribution in [2.24, 2.45) is 5.10 Å². The molecule has 4 rings (SSSR count). The molecule has 0 aliphatic rings. The Kier molecular flexibility index (Phi) is 9.37. The van der Waals surface area contributed by atoms with Crippen molar-refractivity contribution in [3.8, 4) is 22.8 Å². The van der Waals surface area contributed by atoms with Gasteiger partial charge in [0.1, 0.15) is 0 Å². The monoisotopic (exact) mass is 646 g/mol. The van der Waals surface area contributed by atoms with Gasteiger partial charge in [-0.05, 0) is 90.5 Å². The molecular formula is C27H24ClIN4O3S. The molecule has 0 unspecified atom stereocenters. The van der Waals surface area contributed by atoms with Crippen LogP contribution in [-0.2, 0) is 0 Å². The van der Waals surface area contributed by atoms with E-state index in [9.17, 15) is 4.79 Å². The van der Waals surface area contributed by atoms with Crippen LogP contribution in [0.25, 0.3) is 11.3 Å². The van der Waals surface area contributed by atoms with Crippen molar-refractivity contribution < 1.29 is 14.3 Å². The maximum absolute atomic E-state index is 12.6. The zero-order chi connectivity index (χ0) is 26.2. The van der Waals surface area contributed by atoms with Crippen LogP contribution in [0.4, 0.5) is 10.8 Å². The van der Waals surface area contributed by atoms with E-state index >= 15 is 0 Å². The minimum Gasteiger partial charge on any atom is -0.490 e. The molecule has 0 fully saturated rings. The van der Waals surface area contributed by atoms with Gasteiger partial charge in [-0.1, -0.05) is 23.7 Å². The van der Waals surface area contributed by atoms with Crippen molar-refractivity contribution >= 4 is 68.5 Å². The summed E-state index contributed by atoms with van der Waals surface area (Å²) in [4.78, 5) is 17.2. The van der Waals surface area contributed by atoms with E-state index in [1.165, 1.54) is 11.3 Å². The molecule has 10 heteroatoms. The predicted octanol–water partition coefficient (Wildman–Crippen LogP) is 7.37. The molecule has 0 aliphatic heterocycles. The number of nitrogens with one attached hydrogen (secondary N) is 2. The summed E-state index contributed by atoms with van der Waals surface area (Å²) in [6.07, 6.45) is 1.58. The number of anilines is 2. The molecule has 0 aliphatic carbocycles. The third-order valence-corrected chi connectivity index (χ3v) is 6.85. The largest absolute Gasteiger partial charge is 0.490 e. The Hall–Kier alpha value is -3.15. The Morgan fingerprint density at radius 3 is 2.51 bits per heavy atom. The van der Waals surface area contributed by atoms with Gasteiger partial charge in [-0.3, -0.25) is 4.79 Å². The molecule has 1 amide bonds. The molecular weight excluding hydrogens is 623 g/mol. The van der Waals surface area contributed by atoms with E-state index in [1.807, 2.05) is 67.8 Å². The quantitative estimate of drug-likeness (QED) is 0.107. The second-order valence-electron chi connectivity index (χ2n) is 7.64. The number of rotatable bonds is 10. The number of halogens is 2. The smallest absolute Gasteiger partial charge is 0.271 e. The van der Waals surface area contributed by atoms with Crippen molar-refractivity contribution in [2.45, 2.75) is 13.8 Å². The molecule has 4 aromatic rings. The van der Waals surface area contributed by atoms with Crippen LogP contribution in [0.5, 0.6) is 11.5 Å². The first-order valence-corrected chi connectivity index (χ1v) is 13.8. The number of hydrazone groups is 1. The fourth-order valence-corrected chi connectivity index (χ4v) is 5.00. The summed E-state index contributed by atoms with van der Waals surface area (Å²) >= 11 is 9.64. The molecule has 37 heavy (non-hydrogen) atoms. The average molecular weight is 647 g/mol. The molecule has 1 aromatic heterocycles. The number of nitrogens with zero attached hydrogens (tertiary/aromatic N) is 2. The van der Waals surface area contributed by atoms with Crippen molar-refractivity contribution in [3.63, 3.8) is 0 Å². The number of ether oxygens (including phenoxy) is 2. The van der Waals surface area contributed by atoms with Gasteiger partial charge in [-0.2, -0.15) is 5.10 Å². The molecule has 190 valence electrons. The highest BCUT2D eigenvalue weighted by Gasteiger charge is 2.12. The number of carbonyl (C=O) groups is 1. The highest BCUT2D eigenvalue weighted by atomic mass is 127. The number of aromatic nitrogens is 1. The average Bonchev–Trinajstić information content (AvgIpc) is 3.36. The zero-order valence-corrected chi connectivity index (χ0v) is 23.9. The van der Waals surface area contributed by atoms with E-state index in [0.717, 1.165) is 31.2 Å². The molecule has 0 bridgehead atoms. The summed E-state index contributed by atoms with van der Waals surface area (Å²) in [5, 5.41) is 10.8. The van der Waals surface area contributed by atoms with Crippen molar-refractivity contribution in [1.82, 2.24) is 10.4 Å². The van der Waals surface area contributed by atoms with Crippen molar-refractivity contribution in [2.75, 3.05) is 18.5 Å². The minimum atomic E-state index is -0.308. The van der Waals surface area contributed by atoms with Crippen LogP contribution in [0, 0.1) is 3.57 Å². The fourth-order valence-electron chi connectivity index (χ4n) is 3.35. The lowest BCUT2D eigenvalue weighted by atomic mass is 10.1. The lowest BCUT2D eigenvalue weighted by Gasteiger charge is -2.13. The normalized spacial score (nSPS) is 10.9. The summed E-state index contributed by atoms with van der Waals surface area (Å²) in [5.74, 6) is 1.05. The summed E-state index contributed by atoms with van der Waals surface area (Å²) in [6, 6.07) is 18.4. The van der Waals surface area contributed by atoms with Gasteiger partial charge in [0, 0.05) is 27.2 Å². The first-order chi connectivity index (χ1) is 18.0. The van der Waals surface area contributed by atoms with Gasteiger partial charge in [-0.25, -0.2) is 10.4 Å². The molecule has 2 N–H and O–H groups in total. The molecule has 0 atom stereocenters. The highest BCUT2D eigenvalue weighted by molar-refractivity contribution is 14.1. The van der Waals surface area contributed by atoms with Crippen molar-refractivity contribution in [1.29, 1.82) is 0 Å². The van der Waals surface area contributed by atoms with Crippen LogP contribution >= 0.6 is 45.5 Å². The maximum atomic E-state index is 12.6. The molecule has 0 saturated heterocycles. The summed E-state index contributed by atoms with van der Waals surface area (Å²) in [7, 11) is 0. The SMILES string of the molecule is CCOc1cc(/C=N\NC(=O)c2ccc(-c3csc(Nc4ccc(Cl)cc4)n3)cc2)cc(I)c1OCC. The second kappa shape index (κ2) is 12.9. The van der Waals surface area contributed by atoms with E-state index in [0.29, 0.717) is 35.3 Å². The van der Waals surface area contributed by atoms with Gasteiger partial charge in [0.2, 0.25) is 0 Å². The summed E-state index contributed by atoms with van der Waals surface area (Å²) in [6.45, 7) is 4.91. The number of hydrogen-bond acceptors (Lipinski definition) is 7. The Bertz CT molecular complexity index is 1390. The van der Waals surface area contributed by atoms with Crippen LogP contribution in [0.15, 0.2) is 71.1 Å². The summed E-state index contributed by atoms with van der Waals surface area (Å²) < 4.78 is 12.3. The van der Waals surface area contributed by atoms with E-state index in [1.54, 1.807) is 18.3 Å². The molecule has 0 spiro atoms. The van der Waals surface area contributed by atoms with E-state index < -0.39 is 0 Å². The molecule has 0 radical (unpaired) electrons. The van der Waals surface area contributed by atoms with Crippen LogP contribution in [0.2, 0.25) is 5.02 Å². The standard InChI is InChI=1S/C27H24ClIN4O3S/c1-3-35-24-14-17(13-22(29)25(24)36-4-2)15-30-33-26(34)19-7-5-18(6-8-19)23-16-37-27(32-23)31-21-11-9-20(28)10-12-21/h5-16H,3-4H2,1-2H3,(H,31,32)(H,33,34)/b30-15-. The predicted molar refractivity (Wildman–Crippen MR) is 159 cm³/mol. The third-order valence-electron chi connectivity index (χ3n) is 5.04. The maximum Gasteiger partial charge on any atom is 0.271 e. The van der Waals surface area contributed by atoms with Crippen LogP contribution in [-0.4, -0.2) is 30.3 Å². The minimum absolute atomic E-state index is 0.308. The molecule has 3 aromatic carbocycles. The van der Waals surface area contributed by atoms with E-state index in [4.69, 9.17) is 21.1 Å². The van der Waals surface area contributed by atoms with Gasteiger partial charge in [0.05, 0.1) is 28.7 Å². The van der Waals surface area contributed by atoms with Gasteiger partial charge < -0.3 is 14.8 Å². The number of hydrogen-bond donors (Lipinski definition) is 2. The Morgan fingerprint density at radius 2 is 1.81 bits per heavy atom. The van der Waals surface area contributed by atoms with Gasteiger partial charge in [0.25, 0.3) is 5.91 Å². The van der Waals surface area contributed by atoms with Crippen LogP contribution in [0.1, 0.15) is 29.8 Å². The summed E-state index contributed by atoms with van der Waals surface area (Å²) in [5.41, 5.74) is 6.50. The first-order valence-electron chi connectivity index (χ1n) is 11.5. The van der Waals surface area contributed by atoms with E-state index in [-0.39, 0.29) is 5.91 Å². The number of carbonyl (C=O) groups excluding carboxylic acids is 1. The van der Waals surface area contributed by atoms with Gasteiger partial charge >= 0.3 is 0 Å². The molecule has 0 saturated carbocycles. The van der Waals surface area contributed by atoms with Gasteiger partial charge in [-0.15, -0.1) is 11.3 Å². The first kappa shape index (κ1) is 26.9. The zero-order valence-electron chi connectivity index (χ0n) is 20.1. The fraction of sp³-hybridized carbons (Fsp3) is 0.148. The Morgan fingerprint density at radius 1 is 1.08 bits per heavy atom. The van der Waals surface area contributed by atoms with Gasteiger partial charge in [0.15, 0.2) is 16.6 Å². The number of thiazole rings is 1. The highest BCUT2D eigenvalue weighted by Crippen LogP contribution is 2.34. The van der Waals surface area contributed by atoms with Crippen LogP contribution < -0.4 is 20.2 Å². The third kappa shape index (κ3) is 7.21. The second-order valence-corrected chi connectivity index (χ2v) is 10.1. The number of benzene rings is 3. The Labute approximate surface area is 238 Å². The number of amides is 1.